The summed E-state index contributed by atoms with van der Waals surface area (Å²) in [5, 5.41) is 2.92. The molecule has 176 valence electrons. The van der Waals surface area contributed by atoms with Crippen molar-refractivity contribution >= 4 is 17.5 Å². The smallest absolute Gasteiger partial charge is 0.251 e. The molecule has 7 heteroatoms. The monoisotopic (exact) mass is 466 g/mol. The van der Waals surface area contributed by atoms with Crippen molar-refractivity contribution < 1.29 is 14.3 Å². The second kappa shape index (κ2) is 9.46. The van der Waals surface area contributed by atoms with Gasteiger partial charge in [-0.15, -0.1) is 0 Å². The van der Waals surface area contributed by atoms with Gasteiger partial charge < -0.3 is 19.5 Å². The predicted octanol–water partition coefficient (Wildman–Crippen LogP) is 4.39. The molecular formula is C28H26N4O3. The zero-order valence-electron chi connectivity index (χ0n) is 19.6. The third-order valence-corrected chi connectivity index (χ3v) is 6.21. The Labute approximate surface area is 204 Å². The number of benzene rings is 3. The van der Waals surface area contributed by atoms with E-state index in [2.05, 4.69) is 10.3 Å². The van der Waals surface area contributed by atoms with E-state index in [9.17, 15) is 9.59 Å². The number of ether oxygens (including phenoxy) is 1. The van der Waals surface area contributed by atoms with Crippen LogP contribution in [0.25, 0.3) is 16.8 Å². The third-order valence-electron chi connectivity index (χ3n) is 6.21. The van der Waals surface area contributed by atoms with Crippen molar-refractivity contribution in [3.05, 3.63) is 96.6 Å². The van der Waals surface area contributed by atoms with Gasteiger partial charge in [0.15, 0.2) is 0 Å². The van der Waals surface area contributed by atoms with Gasteiger partial charge in [0.05, 0.1) is 24.8 Å². The Morgan fingerprint density at radius 1 is 1.03 bits per heavy atom. The van der Waals surface area contributed by atoms with Gasteiger partial charge in [0.2, 0.25) is 5.91 Å². The fourth-order valence-corrected chi connectivity index (χ4v) is 4.38. The first-order valence-electron chi connectivity index (χ1n) is 11.5. The van der Waals surface area contributed by atoms with E-state index in [-0.39, 0.29) is 11.8 Å². The second-order valence-electron chi connectivity index (χ2n) is 8.53. The maximum absolute atomic E-state index is 13.2. The molecule has 0 saturated carbocycles. The number of hydrogen-bond acceptors (Lipinski definition) is 4. The van der Waals surface area contributed by atoms with Crippen LogP contribution in [-0.2, 0) is 4.79 Å². The van der Waals surface area contributed by atoms with E-state index >= 15 is 0 Å². The molecule has 1 unspecified atom stereocenters. The molecule has 4 aromatic rings. The van der Waals surface area contributed by atoms with Crippen LogP contribution in [0, 0.1) is 6.92 Å². The minimum Gasteiger partial charge on any atom is -0.494 e. The maximum atomic E-state index is 13.2. The largest absolute Gasteiger partial charge is 0.494 e. The van der Waals surface area contributed by atoms with Gasteiger partial charge in [0.1, 0.15) is 11.8 Å². The van der Waals surface area contributed by atoms with Gasteiger partial charge >= 0.3 is 0 Å². The lowest BCUT2D eigenvalue weighted by Crippen LogP contribution is -2.41. The van der Waals surface area contributed by atoms with E-state index in [0.29, 0.717) is 24.3 Å². The lowest BCUT2D eigenvalue weighted by atomic mass is 10.0. The minimum absolute atomic E-state index is 0.133. The lowest BCUT2D eigenvalue weighted by Gasteiger charge is -2.19. The number of rotatable bonds is 6. The van der Waals surface area contributed by atoms with Crippen molar-refractivity contribution in [2.24, 2.45) is 0 Å². The summed E-state index contributed by atoms with van der Waals surface area (Å²) in [7, 11) is 1.60. The standard InChI is InChI=1S/C28H26N4O3/c1-19-17-31(18-29-19)25-12-11-23(16-26(25)35-2)32-14-13-24(28(32)34)30-27(33)22-10-6-9-21(15-22)20-7-4-3-5-8-20/h3-12,15-18,24H,13-14H2,1-2H3,(H,30,33). The first kappa shape index (κ1) is 22.4. The molecule has 2 amide bonds. The lowest BCUT2D eigenvalue weighted by molar-refractivity contribution is -0.118. The second-order valence-corrected chi connectivity index (χ2v) is 8.53. The SMILES string of the molecule is COc1cc(N2CCC(NC(=O)c3cccc(-c4ccccc4)c3)C2=O)ccc1-n1cnc(C)c1. The van der Waals surface area contributed by atoms with Gasteiger partial charge in [-0.2, -0.15) is 0 Å². The Balaban J connectivity index is 1.31. The van der Waals surface area contributed by atoms with Crippen molar-refractivity contribution in [1.29, 1.82) is 0 Å². The zero-order chi connectivity index (χ0) is 24.4. The Bertz CT molecular complexity index is 1380. The van der Waals surface area contributed by atoms with Gasteiger partial charge in [-0.1, -0.05) is 42.5 Å². The Kier molecular flexibility index (Phi) is 6.06. The number of aryl methyl sites for hydroxylation is 1. The summed E-state index contributed by atoms with van der Waals surface area (Å²) in [5.41, 5.74) is 4.99. The molecule has 1 N–H and O–H groups in total. The summed E-state index contributed by atoms with van der Waals surface area (Å²) in [4.78, 5) is 32.1. The zero-order valence-corrected chi connectivity index (χ0v) is 19.6. The molecule has 2 heterocycles. The highest BCUT2D eigenvalue weighted by molar-refractivity contribution is 6.04. The topological polar surface area (TPSA) is 76.5 Å². The molecule has 1 aliphatic rings. The van der Waals surface area contributed by atoms with E-state index in [0.717, 1.165) is 28.2 Å². The van der Waals surface area contributed by atoms with Gasteiger partial charge in [0.25, 0.3) is 5.91 Å². The molecule has 7 nitrogen and oxygen atoms in total. The highest BCUT2D eigenvalue weighted by Gasteiger charge is 2.34. The summed E-state index contributed by atoms with van der Waals surface area (Å²) < 4.78 is 7.47. The van der Waals surface area contributed by atoms with Crippen LogP contribution >= 0.6 is 0 Å². The average molecular weight is 467 g/mol. The molecule has 1 fully saturated rings. The predicted molar refractivity (Wildman–Crippen MR) is 135 cm³/mol. The van der Waals surface area contributed by atoms with Crippen LogP contribution in [0.15, 0.2) is 85.3 Å². The molecule has 0 spiro atoms. The Hall–Kier alpha value is -4.39. The van der Waals surface area contributed by atoms with Crippen LogP contribution in [0.2, 0.25) is 0 Å². The Morgan fingerprint density at radius 3 is 2.57 bits per heavy atom. The molecule has 0 bridgehead atoms. The average Bonchev–Trinajstić information content (AvgIpc) is 3.49. The number of anilines is 1. The molecule has 1 atom stereocenters. The van der Waals surface area contributed by atoms with E-state index in [1.807, 2.05) is 84.4 Å². The molecule has 1 aliphatic heterocycles. The van der Waals surface area contributed by atoms with Crippen LogP contribution in [-0.4, -0.2) is 41.1 Å². The van der Waals surface area contributed by atoms with Crippen LogP contribution < -0.4 is 15.0 Å². The fraction of sp³-hybridized carbons (Fsp3) is 0.179. The van der Waals surface area contributed by atoms with Crippen molar-refractivity contribution in [3.8, 4) is 22.6 Å². The van der Waals surface area contributed by atoms with Crippen LogP contribution in [0.3, 0.4) is 0 Å². The molecule has 1 saturated heterocycles. The molecule has 3 aromatic carbocycles. The van der Waals surface area contributed by atoms with E-state index in [1.165, 1.54) is 0 Å². The molecule has 0 aliphatic carbocycles. The molecular weight excluding hydrogens is 440 g/mol. The summed E-state index contributed by atoms with van der Waals surface area (Å²) in [6, 6.07) is 22.4. The number of nitrogens with one attached hydrogen (secondary N) is 1. The highest BCUT2D eigenvalue weighted by atomic mass is 16.5. The molecule has 1 aromatic heterocycles. The van der Waals surface area contributed by atoms with Gasteiger partial charge in [-0.25, -0.2) is 4.98 Å². The first-order chi connectivity index (χ1) is 17.0. The van der Waals surface area contributed by atoms with Gasteiger partial charge in [-0.05, 0) is 48.7 Å². The summed E-state index contributed by atoms with van der Waals surface area (Å²) in [6.45, 7) is 2.44. The molecule has 5 rings (SSSR count). The van der Waals surface area contributed by atoms with Crippen molar-refractivity contribution in [2.75, 3.05) is 18.6 Å². The third kappa shape index (κ3) is 4.53. The Morgan fingerprint density at radius 2 is 1.83 bits per heavy atom. The van der Waals surface area contributed by atoms with Gasteiger partial charge in [0, 0.05) is 30.1 Å². The summed E-state index contributed by atoms with van der Waals surface area (Å²) in [5.74, 6) is 0.246. The quantitative estimate of drug-likeness (QED) is 0.457. The number of imidazole rings is 1. The maximum Gasteiger partial charge on any atom is 0.251 e. The molecule has 0 radical (unpaired) electrons. The minimum atomic E-state index is -0.579. The van der Waals surface area contributed by atoms with E-state index in [4.69, 9.17) is 4.74 Å². The number of carbonyl (C=O) groups is 2. The number of aromatic nitrogens is 2. The number of methoxy groups -OCH3 is 1. The fourth-order valence-electron chi connectivity index (χ4n) is 4.38. The summed E-state index contributed by atoms with van der Waals surface area (Å²) in [6.07, 6.45) is 4.18. The van der Waals surface area contributed by atoms with Crippen molar-refractivity contribution in [3.63, 3.8) is 0 Å². The van der Waals surface area contributed by atoms with Gasteiger partial charge in [-0.3, -0.25) is 9.59 Å². The molecule has 35 heavy (non-hydrogen) atoms. The normalized spacial score (nSPS) is 15.3. The number of amides is 2. The van der Waals surface area contributed by atoms with E-state index < -0.39 is 6.04 Å². The van der Waals surface area contributed by atoms with Crippen LogP contribution in [0.1, 0.15) is 22.5 Å². The van der Waals surface area contributed by atoms with Crippen molar-refractivity contribution in [2.45, 2.75) is 19.4 Å². The van der Waals surface area contributed by atoms with E-state index in [1.54, 1.807) is 24.4 Å². The van der Waals surface area contributed by atoms with Crippen LogP contribution in [0.4, 0.5) is 5.69 Å². The summed E-state index contributed by atoms with van der Waals surface area (Å²) >= 11 is 0. The first-order valence-corrected chi connectivity index (χ1v) is 11.5. The van der Waals surface area contributed by atoms with Crippen molar-refractivity contribution in [1.82, 2.24) is 14.9 Å². The highest BCUT2D eigenvalue weighted by Crippen LogP contribution is 2.31. The number of carbonyl (C=O) groups excluding carboxylic acids is 2. The van der Waals surface area contributed by atoms with Crippen LogP contribution in [0.5, 0.6) is 5.75 Å². The number of hydrogen-bond donors (Lipinski definition) is 1. The number of nitrogens with zero attached hydrogens (tertiary/aromatic N) is 3.